The second-order valence-electron chi connectivity index (χ2n) is 6.38. The van der Waals surface area contributed by atoms with Gasteiger partial charge in [-0.2, -0.15) is 0 Å². The molecule has 0 aliphatic rings. The Morgan fingerprint density at radius 2 is 1.23 bits per heavy atom. The van der Waals surface area contributed by atoms with Gasteiger partial charge in [-0.25, -0.2) is 0 Å². The van der Waals surface area contributed by atoms with E-state index in [-0.39, 0.29) is 0 Å². The standard InChI is InChI=1S/C21H27N3O2/c22-19(20(23)25)21(26)24(15-7-13-17-9-3-1-4-10-17)16-8-14-18-11-5-2-6-12-18/h1-6,9-12,19H,7-8,13-16,22H2,(H2,23,25). The summed E-state index contributed by atoms with van der Waals surface area (Å²) in [7, 11) is 0. The summed E-state index contributed by atoms with van der Waals surface area (Å²) in [6.45, 7) is 1.12. The normalized spacial score (nSPS) is 11.7. The third-order valence-electron chi connectivity index (χ3n) is 4.36. The van der Waals surface area contributed by atoms with Crippen LogP contribution >= 0.6 is 0 Å². The van der Waals surface area contributed by atoms with Crippen molar-refractivity contribution >= 4 is 11.8 Å². The molecular formula is C21H27N3O2. The molecule has 2 aromatic carbocycles. The minimum Gasteiger partial charge on any atom is -0.368 e. The molecule has 5 nitrogen and oxygen atoms in total. The van der Waals surface area contributed by atoms with Crippen LogP contribution in [0.2, 0.25) is 0 Å². The van der Waals surface area contributed by atoms with E-state index in [0.717, 1.165) is 25.7 Å². The van der Waals surface area contributed by atoms with E-state index in [9.17, 15) is 9.59 Å². The second-order valence-corrected chi connectivity index (χ2v) is 6.38. The topological polar surface area (TPSA) is 89.4 Å². The maximum Gasteiger partial charge on any atom is 0.249 e. The molecule has 0 saturated carbocycles. The van der Waals surface area contributed by atoms with E-state index < -0.39 is 17.9 Å². The van der Waals surface area contributed by atoms with Crippen molar-refractivity contribution in [1.82, 2.24) is 4.90 Å². The summed E-state index contributed by atoms with van der Waals surface area (Å²) in [4.78, 5) is 25.4. The number of nitrogens with zero attached hydrogens (tertiary/aromatic N) is 1. The first-order valence-corrected chi connectivity index (χ1v) is 8.99. The maximum absolute atomic E-state index is 12.5. The van der Waals surface area contributed by atoms with E-state index >= 15 is 0 Å². The molecule has 1 atom stereocenters. The molecule has 0 fully saturated rings. The van der Waals surface area contributed by atoms with Crippen LogP contribution in [-0.2, 0) is 22.4 Å². The second kappa shape index (κ2) is 10.4. The van der Waals surface area contributed by atoms with Crippen LogP contribution in [0.5, 0.6) is 0 Å². The molecule has 0 radical (unpaired) electrons. The van der Waals surface area contributed by atoms with Crippen LogP contribution in [0.4, 0.5) is 0 Å². The lowest BCUT2D eigenvalue weighted by Crippen LogP contribution is -2.51. The number of rotatable bonds is 10. The number of carbonyl (C=O) groups is 2. The van der Waals surface area contributed by atoms with E-state index in [4.69, 9.17) is 11.5 Å². The summed E-state index contributed by atoms with van der Waals surface area (Å²) in [6, 6.07) is 19.0. The Kier molecular flexibility index (Phi) is 7.83. The molecule has 0 aromatic heterocycles. The number of aryl methyl sites for hydroxylation is 2. The van der Waals surface area contributed by atoms with Gasteiger partial charge in [-0.05, 0) is 36.8 Å². The van der Waals surface area contributed by atoms with Gasteiger partial charge in [0.15, 0.2) is 6.04 Å². The van der Waals surface area contributed by atoms with Gasteiger partial charge in [0.2, 0.25) is 11.8 Å². The zero-order valence-electron chi connectivity index (χ0n) is 15.0. The van der Waals surface area contributed by atoms with Crippen molar-refractivity contribution in [1.29, 1.82) is 0 Å². The SMILES string of the molecule is NC(=O)C(N)C(=O)N(CCCc1ccccc1)CCCc1ccccc1. The molecule has 5 heteroatoms. The molecule has 2 amide bonds. The summed E-state index contributed by atoms with van der Waals surface area (Å²) in [5, 5.41) is 0. The fraction of sp³-hybridized carbons (Fsp3) is 0.333. The first-order chi connectivity index (χ1) is 12.6. The molecule has 0 aliphatic heterocycles. The molecule has 26 heavy (non-hydrogen) atoms. The van der Waals surface area contributed by atoms with Crippen LogP contribution < -0.4 is 11.5 Å². The van der Waals surface area contributed by atoms with E-state index in [1.54, 1.807) is 4.90 Å². The molecule has 0 aliphatic carbocycles. The number of hydrogen-bond donors (Lipinski definition) is 2. The van der Waals surface area contributed by atoms with Gasteiger partial charge in [0.1, 0.15) is 0 Å². The molecule has 4 N–H and O–H groups in total. The van der Waals surface area contributed by atoms with Gasteiger partial charge < -0.3 is 16.4 Å². The fourth-order valence-electron chi connectivity index (χ4n) is 2.89. The number of nitrogens with two attached hydrogens (primary N) is 2. The predicted octanol–water partition coefficient (Wildman–Crippen LogP) is 1.89. The highest BCUT2D eigenvalue weighted by Gasteiger charge is 2.24. The van der Waals surface area contributed by atoms with E-state index in [1.807, 2.05) is 36.4 Å². The molecule has 2 rings (SSSR count). The van der Waals surface area contributed by atoms with Crippen LogP contribution in [0.15, 0.2) is 60.7 Å². The van der Waals surface area contributed by atoms with Crippen LogP contribution in [0.3, 0.4) is 0 Å². The lowest BCUT2D eigenvalue weighted by atomic mass is 10.1. The minimum absolute atomic E-state index is 0.390. The van der Waals surface area contributed by atoms with Crippen LogP contribution in [0, 0.1) is 0 Å². The minimum atomic E-state index is -1.27. The number of hydrogen-bond acceptors (Lipinski definition) is 3. The smallest absolute Gasteiger partial charge is 0.249 e. The maximum atomic E-state index is 12.5. The Balaban J connectivity index is 1.89. The first kappa shape index (κ1) is 19.7. The Hall–Kier alpha value is -2.66. The Morgan fingerprint density at radius 1 is 0.808 bits per heavy atom. The van der Waals surface area contributed by atoms with Gasteiger partial charge in [-0.1, -0.05) is 60.7 Å². The summed E-state index contributed by atoms with van der Waals surface area (Å²) in [5.41, 5.74) is 13.3. The van der Waals surface area contributed by atoms with Crippen LogP contribution in [-0.4, -0.2) is 35.8 Å². The monoisotopic (exact) mass is 353 g/mol. The van der Waals surface area contributed by atoms with Gasteiger partial charge in [0, 0.05) is 13.1 Å². The van der Waals surface area contributed by atoms with Gasteiger partial charge in [0.05, 0.1) is 0 Å². The molecular weight excluding hydrogens is 326 g/mol. The van der Waals surface area contributed by atoms with Gasteiger partial charge >= 0.3 is 0 Å². The van der Waals surface area contributed by atoms with Crippen molar-refractivity contribution in [2.24, 2.45) is 11.5 Å². The van der Waals surface area contributed by atoms with Crippen molar-refractivity contribution in [2.75, 3.05) is 13.1 Å². The van der Waals surface area contributed by atoms with Gasteiger partial charge in [-0.15, -0.1) is 0 Å². The van der Waals surface area contributed by atoms with Crippen LogP contribution in [0.1, 0.15) is 24.0 Å². The van der Waals surface area contributed by atoms with Crippen molar-refractivity contribution in [2.45, 2.75) is 31.7 Å². The fourth-order valence-corrected chi connectivity index (χ4v) is 2.89. The number of carbonyl (C=O) groups excluding carboxylic acids is 2. The largest absolute Gasteiger partial charge is 0.368 e. The van der Waals surface area contributed by atoms with Crippen molar-refractivity contribution in [3.05, 3.63) is 71.8 Å². The molecule has 0 bridgehead atoms. The van der Waals surface area contributed by atoms with Gasteiger partial charge in [-0.3, -0.25) is 9.59 Å². The quantitative estimate of drug-likeness (QED) is 0.639. The highest BCUT2D eigenvalue weighted by atomic mass is 16.2. The molecule has 1 unspecified atom stereocenters. The number of amides is 2. The lowest BCUT2D eigenvalue weighted by molar-refractivity contribution is -0.137. The molecule has 0 heterocycles. The van der Waals surface area contributed by atoms with Crippen LogP contribution in [0.25, 0.3) is 0 Å². The molecule has 0 saturated heterocycles. The zero-order chi connectivity index (χ0) is 18.8. The first-order valence-electron chi connectivity index (χ1n) is 8.99. The van der Waals surface area contributed by atoms with E-state index in [1.165, 1.54) is 11.1 Å². The Labute approximate surface area is 155 Å². The molecule has 2 aromatic rings. The molecule has 138 valence electrons. The highest BCUT2D eigenvalue weighted by molar-refractivity contribution is 6.03. The van der Waals surface area contributed by atoms with Crippen molar-refractivity contribution in [3.63, 3.8) is 0 Å². The lowest BCUT2D eigenvalue weighted by Gasteiger charge is -2.25. The van der Waals surface area contributed by atoms with Gasteiger partial charge in [0.25, 0.3) is 0 Å². The van der Waals surface area contributed by atoms with Crippen molar-refractivity contribution in [3.8, 4) is 0 Å². The number of primary amides is 1. The summed E-state index contributed by atoms with van der Waals surface area (Å²) < 4.78 is 0. The van der Waals surface area contributed by atoms with E-state index in [2.05, 4.69) is 24.3 Å². The summed E-state index contributed by atoms with van der Waals surface area (Å²) in [5.74, 6) is -1.18. The summed E-state index contributed by atoms with van der Waals surface area (Å²) >= 11 is 0. The van der Waals surface area contributed by atoms with Crippen molar-refractivity contribution < 1.29 is 9.59 Å². The van der Waals surface area contributed by atoms with E-state index in [0.29, 0.717) is 13.1 Å². The number of benzene rings is 2. The zero-order valence-corrected chi connectivity index (χ0v) is 15.0. The Morgan fingerprint density at radius 3 is 1.62 bits per heavy atom. The Bertz CT molecular complexity index is 643. The summed E-state index contributed by atoms with van der Waals surface area (Å²) in [6.07, 6.45) is 3.36. The third-order valence-corrected chi connectivity index (χ3v) is 4.36. The average Bonchev–Trinajstić information content (AvgIpc) is 2.67. The predicted molar refractivity (Wildman–Crippen MR) is 103 cm³/mol. The highest BCUT2D eigenvalue weighted by Crippen LogP contribution is 2.08. The average molecular weight is 353 g/mol. The molecule has 0 spiro atoms. The third kappa shape index (κ3) is 6.33.